The summed E-state index contributed by atoms with van der Waals surface area (Å²) < 4.78 is 24.5. The van der Waals surface area contributed by atoms with Crippen molar-refractivity contribution in [3.05, 3.63) is 38.4 Å². The third-order valence-corrected chi connectivity index (χ3v) is 3.75. The Morgan fingerprint density at radius 2 is 1.85 bits per heavy atom. The highest BCUT2D eigenvalue weighted by atomic mass is 32.2. The highest BCUT2D eigenvalue weighted by molar-refractivity contribution is 7.89. The van der Waals surface area contributed by atoms with Crippen molar-refractivity contribution in [2.24, 2.45) is 0 Å². The maximum absolute atomic E-state index is 11.2. The molecule has 0 aliphatic rings. The van der Waals surface area contributed by atoms with Crippen molar-refractivity contribution >= 4 is 27.1 Å². The predicted octanol–water partition coefficient (Wildman–Crippen LogP) is 0.464. The van der Waals surface area contributed by atoms with Crippen LogP contribution < -0.4 is 10.0 Å². The number of nitro benzene ring substituents is 2. The minimum Gasteiger partial charge on any atom is -0.378 e. The predicted molar refractivity (Wildman–Crippen MR) is 71.1 cm³/mol. The van der Waals surface area contributed by atoms with E-state index in [-0.39, 0.29) is 18.0 Å². The van der Waals surface area contributed by atoms with E-state index in [2.05, 4.69) is 10.0 Å². The monoisotopic (exact) mass is 304 g/mol. The number of nitrogens with one attached hydrogen (secondary N) is 2. The van der Waals surface area contributed by atoms with Crippen molar-refractivity contribution in [3.63, 3.8) is 0 Å². The quantitative estimate of drug-likeness (QED) is 0.550. The lowest BCUT2D eigenvalue weighted by Crippen LogP contribution is -2.26. The number of nitrogens with zero attached hydrogens (tertiary/aromatic N) is 2. The van der Waals surface area contributed by atoms with Crippen LogP contribution in [-0.4, -0.2) is 37.6 Å². The van der Waals surface area contributed by atoms with E-state index in [0.29, 0.717) is 0 Å². The average Bonchev–Trinajstić information content (AvgIpc) is 2.38. The van der Waals surface area contributed by atoms with Crippen LogP contribution in [0.25, 0.3) is 0 Å². The van der Waals surface area contributed by atoms with Gasteiger partial charge in [0.05, 0.1) is 21.7 Å². The van der Waals surface area contributed by atoms with E-state index in [0.717, 1.165) is 12.1 Å². The van der Waals surface area contributed by atoms with Crippen molar-refractivity contribution in [2.75, 3.05) is 24.7 Å². The van der Waals surface area contributed by atoms with E-state index in [1.807, 2.05) is 0 Å². The summed E-state index contributed by atoms with van der Waals surface area (Å²) in [4.78, 5) is 19.8. The maximum atomic E-state index is 11.2. The van der Waals surface area contributed by atoms with Gasteiger partial charge in [-0.2, -0.15) is 0 Å². The van der Waals surface area contributed by atoms with E-state index in [1.54, 1.807) is 0 Å². The molecule has 10 nitrogen and oxygen atoms in total. The number of nitro groups is 2. The van der Waals surface area contributed by atoms with Crippen molar-refractivity contribution in [1.29, 1.82) is 0 Å². The number of anilines is 1. The molecule has 0 aliphatic carbocycles. The standard InChI is InChI=1S/C9H12N4O6S/c1-10-20(18,19)5-4-11-8-3-2-7(12(14)15)6-9(8)13(16)17/h2-3,6,10-11H,4-5H2,1H3. The van der Waals surface area contributed by atoms with Crippen LogP contribution in [0.2, 0.25) is 0 Å². The topological polar surface area (TPSA) is 144 Å². The van der Waals surface area contributed by atoms with Crippen LogP contribution in [0.1, 0.15) is 0 Å². The third-order valence-electron chi connectivity index (χ3n) is 2.39. The van der Waals surface area contributed by atoms with Gasteiger partial charge in [0.15, 0.2) is 0 Å². The Kier molecular flexibility index (Phi) is 4.94. The Hall–Kier alpha value is -2.27. The summed E-state index contributed by atoms with van der Waals surface area (Å²) >= 11 is 0. The molecule has 0 heterocycles. The fraction of sp³-hybridized carbons (Fsp3) is 0.333. The number of sulfonamides is 1. The molecule has 0 aliphatic heterocycles. The number of hydrogen-bond acceptors (Lipinski definition) is 7. The minimum absolute atomic E-state index is 0.0203. The molecule has 0 fully saturated rings. The smallest absolute Gasteiger partial charge is 0.299 e. The Bertz CT molecular complexity index is 629. The van der Waals surface area contributed by atoms with Gasteiger partial charge >= 0.3 is 0 Å². The summed E-state index contributed by atoms with van der Waals surface area (Å²) in [7, 11) is -2.18. The van der Waals surface area contributed by atoms with Crippen LogP contribution in [0.15, 0.2) is 18.2 Å². The van der Waals surface area contributed by atoms with Gasteiger partial charge in [-0.1, -0.05) is 0 Å². The van der Waals surface area contributed by atoms with Gasteiger partial charge < -0.3 is 5.32 Å². The molecular weight excluding hydrogens is 292 g/mol. The molecule has 1 aromatic carbocycles. The summed E-state index contributed by atoms with van der Waals surface area (Å²) in [5.74, 6) is -0.280. The van der Waals surface area contributed by atoms with Gasteiger partial charge in [0.1, 0.15) is 5.69 Å². The average molecular weight is 304 g/mol. The SMILES string of the molecule is CNS(=O)(=O)CCNc1ccc([N+](=O)[O-])cc1[N+](=O)[O-]. The largest absolute Gasteiger partial charge is 0.378 e. The van der Waals surface area contributed by atoms with E-state index < -0.39 is 31.2 Å². The number of rotatable bonds is 7. The van der Waals surface area contributed by atoms with Gasteiger partial charge in [0, 0.05) is 12.6 Å². The third kappa shape index (κ3) is 4.13. The highest BCUT2D eigenvalue weighted by Gasteiger charge is 2.19. The minimum atomic E-state index is -3.43. The molecule has 0 radical (unpaired) electrons. The maximum Gasteiger partial charge on any atom is 0.299 e. The first kappa shape index (κ1) is 15.8. The van der Waals surface area contributed by atoms with E-state index >= 15 is 0 Å². The summed E-state index contributed by atoms with van der Waals surface area (Å²) in [5, 5.41) is 23.9. The number of non-ortho nitro benzene ring substituents is 1. The number of hydrogen-bond donors (Lipinski definition) is 2. The lowest BCUT2D eigenvalue weighted by molar-refractivity contribution is -0.393. The Labute approximate surface area is 114 Å². The highest BCUT2D eigenvalue weighted by Crippen LogP contribution is 2.28. The zero-order valence-corrected chi connectivity index (χ0v) is 11.2. The van der Waals surface area contributed by atoms with Crippen molar-refractivity contribution in [2.45, 2.75) is 0 Å². The van der Waals surface area contributed by atoms with Crippen molar-refractivity contribution in [3.8, 4) is 0 Å². The lowest BCUT2D eigenvalue weighted by atomic mass is 10.2. The second-order valence-electron chi connectivity index (χ2n) is 3.67. The second-order valence-corrected chi connectivity index (χ2v) is 5.71. The van der Waals surface area contributed by atoms with Crippen LogP contribution in [-0.2, 0) is 10.0 Å². The molecule has 1 rings (SSSR count). The Morgan fingerprint density at radius 1 is 1.20 bits per heavy atom. The fourth-order valence-electron chi connectivity index (χ4n) is 1.36. The number of benzene rings is 1. The zero-order valence-electron chi connectivity index (χ0n) is 10.4. The second kappa shape index (κ2) is 6.25. The van der Waals surface area contributed by atoms with Gasteiger partial charge in [0.25, 0.3) is 11.4 Å². The van der Waals surface area contributed by atoms with E-state index in [9.17, 15) is 28.6 Å². The molecule has 0 bridgehead atoms. The zero-order chi connectivity index (χ0) is 15.3. The first-order chi connectivity index (χ1) is 9.26. The molecule has 0 atom stereocenters. The molecule has 1 aromatic rings. The molecule has 0 unspecified atom stereocenters. The molecule has 0 amide bonds. The van der Waals surface area contributed by atoms with Crippen LogP contribution in [0, 0.1) is 20.2 Å². The molecule has 0 aromatic heterocycles. The molecule has 110 valence electrons. The molecule has 0 spiro atoms. The molecule has 20 heavy (non-hydrogen) atoms. The van der Waals surface area contributed by atoms with Crippen LogP contribution in [0.3, 0.4) is 0 Å². The van der Waals surface area contributed by atoms with Gasteiger partial charge in [-0.15, -0.1) is 0 Å². The molecule has 2 N–H and O–H groups in total. The van der Waals surface area contributed by atoms with Crippen LogP contribution in [0.4, 0.5) is 17.1 Å². The van der Waals surface area contributed by atoms with Gasteiger partial charge in [-0.25, -0.2) is 13.1 Å². The van der Waals surface area contributed by atoms with Gasteiger partial charge in [-0.3, -0.25) is 20.2 Å². The summed E-state index contributed by atoms with van der Waals surface area (Å²) in [6.45, 7) is -0.0676. The van der Waals surface area contributed by atoms with Crippen LogP contribution >= 0.6 is 0 Å². The molecule has 0 saturated carbocycles. The van der Waals surface area contributed by atoms with Gasteiger partial charge in [-0.05, 0) is 13.1 Å². The van der Waals surface area contributed by atoms with Crippen molar-refractivity contribution in [1.82, 2.24) is 4.72 Å². The lowest BCUT2D eigenvalue weighted by Gasteiger charge is -2.07. The first-order valence-electron chi connectivity index (χ1n) is 5.35. The van der Waals surface area contributed by atoms with E-state index in [4.69, 9.17) is 0 Å². The molecule has 11 heteroatoms. The molecular formula is C9H12N4O6S. The van der Waals surface area contributed by atoms with Crippen molar-refractivity contribution < 1.29 is 18.3 Å². The fourth-order valence-corrected chi connectivity index (χ4v) is 1.93. The van der Waals surface area contributed by atoms with E-state index in [1.165, 1.54) is 13.1 Å². The summed E-state index contributed by atoms with van der Waals surface area (Å²) in [5.41, 5.74) is -0.877. The summed E-state index contributed by atoms with van der Waals surface area (Å²) in [6.07, 6.45) is 0. The normalized spacial score (nSPS) is 11.1. The van der Waals surface area contributed by atoms with Gasteiger partial charge in [0.2, 0.25) is 10.0 Å². The van der Waals surface area contributed by atoms with Crippen LogP contribution in [0.5, 0.6) is 0 Å². The summed E-state index contributed by atoms with van der Waals surface area (Å²) in [6, 6.07) is 3.08. The Morgan fingerprint density at radius 3 is 2.35 bits per heavy atom. The first-order valence-corrected chi connectivity index (χ1v) is 7.00. The Balaban J connectivity index is 2.90. The molecule has 0 saturated heterocycles.